The molecule has 3 rings (SSSR count). The van der Waals surface area contributed by atoms with Gasteiger partial charge in [-0.2, -0.15) is 0 Å². The lowest BCUT2D eigenvalue weighted by Gasteiger charge is -2.09. The van der Waals surface area contributed by atoms with E-state index in [1.165, 1.54) is 29.4 Å². The molecule has 15 heavy (non-hydrogen) atoms. The number of fused-ring (bicyclic) bond motifs is 1. The van der Waals surface area contributed by atoms with Crippen molar-refractivity contribution in [2.75, 3.05) is 0 Å². The van der Waals surface area contributed by atoms with Crippen LogP contribution >= 0.6 is 0 Å². The summed E-state index contributed by atoms with van der Waals surface area (Å²) >= 11 is 0. The maximum Gasteiger partial charge on any atom is 0.116 e. The van der Waals surface area contributed by atoms with Gasteiger partial charge in [-0.05, 0) is 59.7 Å². The Morgan fingerprint density at radius 2 is 2.00 bits per heavy atom. The molecule has 1 saturated carbocycles. The number of hydrogen-bond acceptors (Lipinski definition) is 1. The third kappa shape index (κ3) is 1.39. The van der Waals surface area contributed by atoms with E-state index in [9.17, 15) is 5.11 Å². The van der Waals surface area contributed by atoms with Gasteiger partial charge in [0.2, 0.25) is 0 Å². The fraction of sp³-hybridized carbons (Fsp3) is 0.286. The Bertz CT molecular complexity index is 524. The summed E-state index contributed by atoms with van der Waals surface area (Å²) < 4.78 is 0. The topological polar surface area (TPSA) is 20.2 Å². The second-order valence-electron chi connectivity index (χ2n) is 4.48. The van der Waals surface area contributed by atoms with E-state index in [1.54, 1.807) is 0 Å². The van der Waals surface area contributed by atoms with Crippen molar-refractivity contribution in [1.82, 2.24) is 0 Å². The second-order valence-corrected chi connectivity index (χ2v) is 4.48. The number of phenols is 1. The molecule has 2 aromatic carbocycles. The number of hydrogen-bond donors (Lipinski definition) is 1. The van der Waals surface area contributed by atoms with Gasteiger partial charge in [-0.3, -0.25) is 0 Å². The summed E-state index contributed by atoms with van der Waals surface area (Å²) in [7, 11) is 0. The molecule has 0 aliphatic heterocycles. The van der Waals surface area contributed by atoms with Crippen LogP contribution < -0.4 is 0 Å². The number of benzene rings is 2. The van der Waals surface area contributed by atoms with Gasteiger partial charge in [0.1, 0.15) is 5.75 Å². The molecular weight excluding hydrogens is 184 g/mol. The molecule has 0 amide bonds. The number of aryl methyl sites for hydroxylation is 1. The first-order valence-corrected chi connectivity index (χ1v) is 5.48. The van der Waals surface area contributed by atoms with Crippen molar-refractivity contribution >= 4 is 10.8 Å². The Morgan fingerprint density at radius 1 is 1.20 bits per heavy atom. The summed E-state index contributed by atoms with van der Waals surface area (Å²) in [4.78, 5) is 0. The first-order chi connectivity index (χ1) is 7.25. The van der Waals surface area contributed by atoms with E-state index in [0.717, 1.165) is 11.3 Å². The lowest BCUT2D eigenvalue weighted by atomic mass is 9.97. The minimum absolute atomic E-state index is 0.368. The largest absolute Gasteiger partial charge is 0.508 e. The molecule has 0 heterocycles. The van der Waals surface area contributed by atoms with Crippen LogP contribution in [0.5, 0.6) is 5.75 Å². The van der Waals surface area contributed by atoms with E-state index >= 15 is 0 Å². The average molecular weight is 198 g/mol. The van der Waals surface area contributed by atoms with E-state index < -0.39 is 0 Å². The standard InChI is InChI=1S/C14H14O/c1-9-7-12(15)8-11-3-2-4-13(14(9)11)10-5-6-10/h2-4,7-8,10,15H,5-6H2,1H3. The Kier molecular flexibility index (Phi) is 1.75. The summed E-state index contributed by atoms with van der Waals surface area (Å²) in [5.74, 6) is 1.13. The van der Waals surface area contributed by atoms with E-state index in [0.29, 0.717) is 5.75 Å². The molecule has 1 aliphatic rings. The zero-order valence-corrected chi connectivity index (χ0v) is 8.83. The monoisotopic (exact) mass is 198 g/mol. The van der Waals surface area contributed by atoms with Crippen molar-refractivity contribution in [3.05, 3.63) is 41.5 Å². The smallest absolute Gasteiger partial charge is 0.116 e. The Balaban J connectivity index is 2.37. The minimum atomic E-state index is 0.368. The van der Waals surface area contributed by atoms with Crippen molar-refractivity contribution < 1.29 is 5.11 Å². The van der Waals surface area contributed by atoms with E-state index in [-0.39, 0.29) is 0 Å². The van der Waals surface area contributed by atoms with Crippen LogP contribution in [0.25, 0.3) is 10.8 Å². The molecule has 1 aliphatic carbocycles. The van der Waals surface area contributed by atoms with Crippen molar-refractivity contribution in [3.63, 3.8) is 0 Å². The molecule has 76 valence electrons. The summed E-state index contributed by atoms with van der Waals surface area (Å²) in [5, 5.41) is 12.1. The van der Waals surface area contributed by atoms with Crippen LogP contribution in [0.4, 0.5) is 0 Å². The Labute approximate surface area is 89.4 Å². The summed E-state index contributed by atoms with van der Waals surface area (Å²) in [5.41, 5.74) is 2.65. The molecule has 0 radical (unpaired) electrons. The average Bonchev–Trinajstić information content (AvgIpc) is 2.99. The summed E-state index contributed by atoms with van der Waals surface area (Å²) in [6.07, 6.45) is 2.64. The van der Waals surface area contributed by atoms with Gasteiger partial charge in [-0.1, -0.05) is 18.2 Å². The maximum absolute atomic E-state index is 9.56. The van der Waals surface area contributed by atoms with E-state index in [4.69, 9.17) is 0 Å². The molecule has 2 aromatic rings. The van der Waals surface area contributed by atoms with Gasteiger partial charge in [0.15, 0.2) is 0 Å². The number of phenolic OH excluding ortho intramolecular Hbond substituents is 1. The van der Waals surface area contributed by atoms with Crippen molar-refractivity contribution in [2.24, 2.45) is 0 Å². The van der Waals surface area contributed by atoms with Gasteiger partial charge in [0, 0.05) is 0 Å². The third-order valence-electron chi connectivity index (χ3n) is 3.21. The maximum atomic E-state index is 9.56. The molecule has 1 N–H and O–H groups in total. The third-order valence-corrected chi connectivity index (χ3v) is 3.21. The van der Waals surface area contributed by atoms with E-state index in [1.807, 2.05) is 12.1 Å². The molecular formula is C14H14O. The number of rotatable bonds is 1. The second kappa shape index (κ2) is 2.99. The van der Waals surface area contributed by atoms with Crippen molar-refractivity contribution in [1.29, 1.82) is 0 Å². The highest BCUT2D eigenvalue weighted by Gasteiger charge is 2.25. The van der Waals surface area contributed by atoms with Gasteiger partial charge in [0.25, 0.3) is 0 Å². The van der Waals surface area contributed by atoms with Crippen molar-refractivity contribution in [3.8, 4) is 5.75 Å². The zero-order chi connectivity index (χ0) is 10.4. The first kappa shape index (κ1) is 8.78. The fourth-order valence-electron chi connectivity index (χ4n) is 2.39. The zero-order valence-electron chi connectivity index (χ0n) is 8.83. The van der Waals surface area contributed by atoms with Crippen LogP contribution in [0.1, 0.15) is 29.9 Å². The van der Waals surface area contributed by atoms with Crippen LogP contribution in [0.15, 0.2) is 30.3 Å². The predicted octanol–water partition coefficient (Wildman–Crippen LogP) is 3.73. The van der Waals surface area contributed by atoms with Crippen LogP contribution in [-0.2, 0) is 0 Å². The highest BCUT2D eigenvalue weighted by atomic mass is 16.3. The highest BCUT2D eigenvalue weighted by molar-refractivity contribution is 5.90. The molecule has 0 aromatic heterocycles. The predicted molar refractivity (Wildman–Crippen MR) is 62.3 cm³/mol. The first-order valence-electron chi connectivity index (χ1n) is 5.48. The fourth-order valence-corrected chi connectivity index (χ4v) is 2.39. The van der Waals surface area contributed by atoms with Gasteiger partial charge < -0.3 is 5.11 Å². The van der Waals surface area contributed by atoms with Gasteiger partial charge >= 0.3 is 0 Å². The Morgan fingerprint density at radius 3 is 2.73 bits per heavy atom. The van der Waals surface area contributed by atoms with Gasteiger partial charge in [0.05, 0.1) is 0 Å². The molecule has 0 unspecified atom stereocenters. The summed E-state index contributed by atoms with van der Waals surface area (Å²) in [6, 6.07) is 10.1. The lowest BCUT2D eigenvalue weighted by molar-refractivity contribution is 0.476. The van der Waals surface area contributed by atoms with E-state index in [2.05, 4.69) is 25.1 Å². The highest BCUT2D eigenvalue weighted by Crippen LogP contribution is 2.44. The van der Waals surface area contributed by atoms with Crippen molar-refractivity contribution in [2.45, 2.75) is 25.7 Å². The van der Waals surface area contributed by atoms with Gasteiger partial charge in [-0.25, -0.2) is 0 Å². The summed E-state index contributed by atoms with van der Waals surface area (Å²) in [6.45, 7) is 2.08. The molecule has 0 bridgehead atoms. The number of aromatic hydroxyl groups is 1. The molecule has 1 fully saturated rings. The molecule has 0 atom stereocenters. The lowest BCUT2D eigenvalue weighted by Crippen LogP contribution is -1.86. The molecule has 1 heteroatoms. The van der Waals surface area contributed by atoms with Crippen LogP contribution in [0.2, 0.25) is 0 Å². The molecule has 1 nitrogen and oxygen atoms in total. The minimum Gasteiger partial charge on any atom is -0.508 e. The SMILES string of the molecule is Cc1cc(O)cc2cccc(C3CC3)c12. The van der Waals surface area contributed by atoms with Crippen LogP contribution in [0.3, 0.4) is 0 Å². The van der Waals surface area contributed by atoms with Gasteiger partial charge in [-0.15, -0.1) is 0 Å². The van der Waals surface area contributed by atoms with Crippen LogP contribution in [-0.4, -0.2) is 5.11 Å². The van der Waals surface area contributed by atoms with Crippen LogP contribution in [0, 0.1) is 6.92 Å². The normalized spacial score (nSPS) is 15.8. The molecule has 0 saturated heterocycles. The molecule has 0 spiro atoms. The quantitative estimate of drug-likeness (QED) is 0.740. The Hall–Kier alpha value is -1.50.